The van der Waals surface area contributed by atoms with Crippen LogP contribution in [-0.4, -0.2) is 44.0 Å². The first-order chi connectivity index (χ1) is 11.0. The van der Waals surface area contributed by atoms with Crippen LogP contribution in [0.5, 0.6) is 17.2 Å². The minimum Gasteiger partial charge on any atom is -0.492 e. The maximum Gasteiger partial charge on any atom is 0.231 e. The largest absolute Gasteiger partial charge is 0.492 e. The number of hydrogen-bond donors (Lipinski definition) is 0. The molecule has 1 unspecified atom stereocenters. The molecule has 1 aromatic carbocycles. The number of carbonyl (C=O) groups is 2. The first-order valence-electron chi connectivity index (χ1n) is 7.72. The molecule has 23 heavy (non-hydrogen) atoms. The standard InChI is InChI=1S/C17H21NO5/c1-10(19)6-12(20)8-13-15-11(4-5-18(13)2)7-14-16(17(15)21-3)23-9-22-14/h7,13H,4-6,8-9H2,1-3H3. The molecule has 0 bridgehead atoms. The molecular formula is C17H21NO5. The first-order valence-corrected chi connectivity index (χ1v) is 7.72. The molecule has 0 amide bonds. The van der Waals surface area contributed by atoms with Crippen LogP contribution in [0.3, 0.4) is 0 Å². The summed E-state index contributed by atoms with van der Waals surface area (Å²) in [6.07, 6.45) is 1.13. The Hall–Kier alpha value is -2.08. The molecule has 2 heterocycles. The highest BCUT2D eigenvalue weighted by Crippen LogP contribution is 2.50. The van der Waals surface area contributed by atoms with Gasteiger partial charge in [-0.2, -0.15) is 0 Å². The molecule has 0 N–H and O–H groups in total. The lowest BCUT2D eigenvalue weighted by atomic mass is 9.88. The van der Waals surface area contributed by atoms with E-state index >= 15 is 0 Å². The zero-order valence-electron chi connectivity index (χ0n) is 13.7. The first kappa shape index (κ1) is 15.8. The maximum absolute atomic E-state index is 12.2. The Labute approximate surface area is 135 Å². The smallest absolute Gasteiger partial charge is 0.231 e. The van der Waals surface area contributed by atoms with Crippen molar-refractivity contribution in [2.45, 2.75) is 32.2 Å². The summed E-state index contributed by atoms with van der Waals surface area (Å²) in [6.45, 7) is 2.46. The van der Waals surface area contributed by atoms with Gasteiger partial charge in [0.2, 0.25) is 12.5 Å². The quantitative estimate of drug-likeness (QED) is 0.772. The molecule has 2 aliphatic heterocycles. The van der Waals surface area contributed by atoms with Crippen molar-refractivity contribution >= 4 is 11.6 Å². The molecule has 0 aliphatic carbocycles. The van der Waals surface area contributed by atoms with E-state index in [9.17, 15) is 9.59 Å². The van der Waals surface area contributed by atoms with Crippen LogP contribution in [0.4, 0.5) is 0 Å². The summed E-state index contributed by atoms with van der Waals surface area (Å²) in [5.41, 5.74) is 2.09. The summed E-state index contributed by atoms with van der Waals surface area (Å²) >= 11 is 0. The summed E-state index contributed by atoms with van der Waals surface area (Å²) < 4.78 is 16.6. The molecule has 6 nitrogen and oxygen atoms in total. The van der Waals surface area contributed by atoms with Gasteiger partial charge in [0.1, 0.15) is 11.6 Å². The van der Waals surface area contributed by atoms with Gasteiger partial charge in [0.25, 0.3) is 0 Å². The summed E-state index contributed by atoms with van der Waals surface area (Å²) in [7, 11) is 3.58. The van der Waals surface area contributed by atoms with Crippen molar-refractivity contribution in [2.24, 2.45) is 0 Å². The van der Waals surface area contributed by atoms with E-state index in [-0.39, 0.29) is 30.8 Å². The Morgan fingerprint density at radius 1 is 1.39 bits per heavy atom. The molecule has 3 rings (SSSR count). The highest BCUT2D eigenvalue weighted by atomic mass is 16.7. The Kier molecular flexibility index (Phi) is 4.26. The number of nitrogens with zero attached hydrogens (tertiary/aromatic N) is 1. The van der Waals surface area contributed by atoms with Crippen LogP contribution in [-0.2, 0) is 16.0 Å². The van der Waals surface area contributed by atoms with Crippen LogP contribution < -0.4 is 14.2 Å². The van der Waals surface area contributed by atoms with Gasteiger partial charge in [-0.3, -0.25) is 14.5 Å². The Bertz CT molecular complexity index is 655. The van der Waals surface area contributed by atoms with E-state index in [1.165, 1.54) is 6.92 Å². The second kappa shape index (κ2) is 6.20. The predicted molar refractivity (Wildman–Crippen MR) is 83.1 cm³/mol. The number of Topliss-reactive ketones (excluding diaryl/α,β-unsaturated/α-hetero) is 2. The van der Waals surface area contributed by atoms with Crippen molar-refractivity contribution in [3.63, 3.8) is 0 Å². The van der Waals surface area contributed by atoms with E-state index in [1.54, 1.807) is 7.11 Å². The van der Waals surface area contributed by atoms with Crippen LogP contribution in [0.15, 0.2) is 6.07 Å². The van der Waals surface area contributed by atoms with Crippen molar-refractivity contribution in [1.29, 1.82) is 0 Å². The van der Waals surface area contributed by atoms with Crippen LogP contribution in [0.25, 0.3) is 0 Å². The van der Waals surface area contributed by atoms with Crippen LogP contribution in [0.1, 0.15) is 36.9 Å². The SMILES string of the molecule is COc1c2c(cc3c1C(CC(=O)CC(C)=O)N(C)CC3)OCO2. The Morgan fingerprint density at radius 2 is 2.17 bits per heavy atom. The zero-order chi connectivity index (χ0) is 16.6. The van der Waals surface area contributed by atoms with E-state index in [2.05, 4.69) is 4.90 Å². The van der Waals surface area contributed by atoms with Gasteiger partial charge in [0.05, 0.1) is 13.5 Å². The summed E-state index contributed by atoms with van der Waals surface area (Å²) in [5, 5.41) is 0. The third-order valence-electron chi connectivity index (χ3n) is 4.41. The molecule has 124 valence electrons. The van der Waals surface area contributed by atoms with Gasteiger partial charge in [-0.05, 0) is 32.0 Å². The van der Waals surface area contributed by atoms with Gasteiger partial charge in [-0.15, -0.1) is 0 Å². The lowest BCUT2D eigenvalue weighted by Crippen LogP contribution is -2.34. The number of ether oxygens (including phenoxy) is 3. The molecule has 2 aliphatic rings. The van der Waals surface area contributed by atoms with Gasteiger partial charge in [-0.1, -0.05) is 0 Å². The molecule has 0 spiro atoms. The molecule has 0 radical (unpaired) electrons. The average molecular weight is 319 g/mol. The number of likely N-dealkylation sites (N-methyl/N-ethyl adjacent to an activating group) is 1. The van der Waals surface area contributed by atoms with E-state index in [4.69, 9.17) is 14.2 Å². The second-order valence-corrected chi connectivity index (χ2v) is 6.08. The third kappa shape index (κ3) is 2.91. The highest BCUT2D eigenvalue weighted by molar-refractivity contribution is 5.98. The topological polar surface area (TPSA) is 65.1 Å². The molecular weight excluding hydrogens is 298 g/mol. The van der Waals surface area contributed by atoms with Gasteiger partial charge in [-0.25, -0.2) is 0 Å². The van der Waals surface area contributed by atoms with Crippen LogP contribution >= 0.6 is 0 Å². The normalized spacial score (nSPS) is 19.3. The number of benzene rings is 1. The fraction of sp³-hybridized carbons (Fsp3) is 0.529. The summed E-state index contributed by atoms with van der Waals surface area (Å²) in [4.78, 5) is 25.5. The molecule has 6 heteroatoms. The van der Waals surface area contributed by atoms with Crippen molar-refractivity contribution in [2.75, 3.05) is 27.5 Å². The Balaban J connectivity index is 2.00. The average Bonchev–Trinajstić information content (AvgIpc) is 2.95. The lowest BCUT2D eigenvalue weighted by Gasteiger charge is -2.35. The zero-order valence-corrected chi connectivity index (χ0v) is 13.7. The number of fused-ring (bicyclic) bond motifs is 2. The van der Waals surface area contributed by atoms with Gasteiger partial charge in [0, 0.05) is 24.6 Å². The minimum atomic E-state index is -0.116. The van der Waals surface area contributed by atoms with Crippen molar-refractivity contribution in [3.05, 3.63) is 17.2 Å². The third-order valence-corrected chi connectivity index (χ3v) is 4.41. The van der Waals surface area contributed by atoms with Gasteiger partial charge >= 0.3 is 0 Å². The molecule has 0 aromatic heterocycles. The van der Waals surface area contributed by atoms with E-state index in [0.29, 0.717) is 23.7 Å². The molecule has 0 fully saturated rings. The fourth-order valence-corrected chi connectivity index (χ4v) is 3.35. The number of ketones is 2. The summed E-state index contributed by atoms with van der Waals surface area (Å²) in [5.74, 6) is 1.78. The maximum atomic E-state index is 12.2. The monoisotopic (exact) mass is 319 g/mol. The molecule has 1 atom stereocenters. The molecule has 0 saturated carbocycles. The van der Waals surface area contributed by atoms with Crippen molar-refractivity contribution < 1.29 is 23.8 Å². The number of hydrogen-bond acceptors (Lipinski definition) is 6. The predicted octanol–water partition coefficient (Wildman–Crippen LogP) is 1.89. The highest BCUT2D eigenvalue weighted by Gasteiger charge is 2.34. The van der Waals surface area contributed by atoms with E-state index in [0.717, 1.165) is 24.1 Å². The van der Waals surface area contributed by atoms with E-state index in [1.807, 2.05) is 13.1 Å². The minimum absolute atomic E-state index is 0.0213. The van der Waals surface area contributed by atoms with Gasteiger partial charge in [0.15, 0.2) is 11.5 Å². The number of carbonyl (C=O) groups excluding carboxylic acids is 2. The molecule has 1 aromatic rings. The van der Waals surface area contributed by atoms with Gasteiger partial charge < -0.3 is 14.2 Å². The van der Waals surface area contributed by atoms with Crippen molar-refractivity contribution in [1.82, 2.24) is 4.90 Å². The summed E-state index contributed by atoms with van der Waals surface area (Å²) in [6, 6.07) is 1.87. The second-order valence-electron chi connectivity index (χ2n) is 6.08. The van der Waals surface area contributed by atoms with E-state index < -0.39 is 0 Å². The molecule has 0 saturated heterocycles. The fourth-order valence-electron chi connectivity index (χ4n) is 3.35. The van der Waals surface area contributed by atoms with Crippen LogP contribution in [0, 0.1) is 0 Å². The Morgan fingerprint density at radius 3 is 2.87 bits per heavy atom. The lowest BCUT2D eigenvalue weighted by molar-refractivity contribution is -0.126. The number of methoxy groups -OCH3 is 1. The van der Waals surface area contributed by atoms with Crippen LogP contribution in [0.2, 0.25) is 0 Å². The number of rotatable bonds is 5. The van der Waals surface area contributed by atoms with Crippen molar-refractivity contribution in [3.8, 4) is 17.2 Å².